The standard InChI is InChI=1S/C13H17BrN2O4/c1-3-6-13(2,12(19)20)15-10(17)8-16-7-9(14)4-5-11(16)18/h4-5,7H,3,6,8H2,1-2H3,(H,15,17)(H,19,20). The van der Waals surface area contributed by atoms with E-state index in [9.17, 15) is 19.5 Å². The molecule has 0 bridgehead atoms. The van der Waals surface area contributed by atoms with Crippen molar-refractivity contribution in [3.8, 4) is 0 Å². The number of carbonyl (C=O) groups is 2. The third-order valence-electron chi connectivity index (χ3n) is 2.90. The summed E-state index contributed by atoms with van der Waals surface area (Å²) in [6.07, 6.45) is 2.43. The Labute approximate surface area is 124 Å². The Hall–Kier alpha value is -1.63. The Balaban J connectivity index is 2.83. The average molecular weight is 345 g/mol. The zero-order valence-electron chi connectivity index (χ0n) is 11.4. The predicted octanol–water partition coefficient (Wildman–Crippen LogP) is 1.37. The number of carboxylic acid groups (broad SMARTS) is 1. The van der Waals surface area contributed by atoms with Gasteiger partial charge in [-0.15, -0.1) is 0 Å². The quantitative estimate of drug-likeness (QED) is 0.815. The Morgan fingerprint density at radius 2 is 2.10 bits per heavy atom. The van der Waals surface area contributed by atoms with Gasteiger partial charge in [0.25, 0.3) is 5.56 Å². The number of halogens is 1. The fourth-order valence-corrected chi connectivity index (χ4v) is 2.23. The maximum Gasteiger partial charge on any atom is 0.329 e. The number of carbonyl (C=O) groups excluding carboxylic acids is 1. The number of aromatic nitrogens is 1. The summed E-state index contributed by atoms with van der Waals surface area (Å²) in [5.74, 6) is -1.60. The third-order valence-corrected chi connectivity index (χ3v) is 3.37. The lowest BCUT2D eigenvalue weighted by Crippen LogP contribution is -2.53. The first-order valence-corrected chi connectivity index (χ1v) is 6.98. The number of rotatable bonds is 6. The van der Waals surface area contributed by atoms with Gasteiger partial charge in [-0.1, -0.05) is 13.3 Å². The van der Waals surface area contributed by atoms with E-state index in [1.54, 1.807) is 6.07 Å². The number of nitrogens with zero attached hydrogens (tertiary/aromatic N) is 1. The molecule has 0 aliphatic heterocycles. The minimum absolute atomic E-state index is 0.217. The molecule has 1 aromatic heterocycles. The van der Waals surface area contributed by atoms with Crippen molar-refractivity contribution in [2.75, 3.05) is 0 Å². The van der Waals surface area contributed by atoms with Crippen LogP contribution in [0.1, 0.15) is 26.7 Å². The van der Waals surface area contributed by atoms with Crippen LogP contribution >= 0.6 is 15.9 Å². The fraction of sp³-hybridized carbons (Fsp3) is 0.462. The highest BCUT2D eigenvalue weighted by atomic mass is 79.9. The van der Waals surface area contributed by atoms with Crippen LogP contribution in [0.15, 0.2) is 27.6 Å². The Kier molecular flexibility index (Phi) is 5.50. The van der Waals surface area contributed by atoms with Crippen molar-refractivity contribution in [1.29, 1.82) is 0 Å². The second kappa shape index (κ2) is 6.69. The molecule has 0 spiro atoms. The average Bonchev–Trinajstić information content (AvgIpc) is 2.33. The molecule has 1 unspecified atom stereocenters. The molecule has 1 rings (SSSR count). The van der Waals surface area contributed by atoms with Crippen LogP contribution in [0.3, 0.4) is 0 Å². The minimum atomic E-state index is -1.32. The van der Waals surface area contributed by atoms with E-state index in [0.717, 1.165) is 0 Å². The van der Waals surface area contributed by atoms with Gasteiger partial charge in [-0.2, -0.15) is 0 Å². The number of pyridine rings is 1. The van der Waals surface area contributed by atoms with Crippen LogP contribution in [0.4, 0.5) is 0 Å². The summed E-state index contributed by atoms with van der Waals surface area (Å²) < 4.78 is 1.88. The molecule has 110 valence electrons. The van der Waals surface area contributed by atoms with Gasteiger partial charge in [0.1, 0.15) is 12.1 Å². The molecule has 7 heteroatoms. The summed E-state index contributed by atoms with van der Waals surface area (Å²) in [5, 5.41) is 11.7. The van der Waals surface area contributed by atoms with Gasteiger partial charge in [0.05, 0.1) is 0 Å². The molecule has 0 radical (unpaired) electrons. The van der Waals surface area contributed by atoms with Crippen LogP contribution in [0.5, 0.6) is 0 Å². The largest absolute Gasteiger partial charge is 0.480 e. The number of aliphatic carboxylic acids is 1. The highest BCUT2D eigenvalue weighted by Crippen LogP contribution is 2.12. The van der Waals surface area contributed by atoms with Gasteiger partial charge in [0.2, 0.25) is 5.91 Å². The Bertz CT molecular complexity index is 570. The summed E-state index contributed by atoms with van der Waals surface area (Å²) in [6, 6.07) is 2.91. The second-order valence-electron chi connectivity index (χ2n) is 4.75. The van der Waals surface area contributed by atoms with E-state index in [1.807, 2.05) is 6.92 Å². The maximum absolute atomic E-state index is 11.9. The molecule has 20 heavy (non-hydrogen) atoms. The summed E-state index contributed by atoms with van der Waals surface area (Å²) in [7, 11) is 0. The van der Waals surface area contributed by atoms with Gasteiger partial charge in [0, 0.05) is 16.7 Å². The predicted molar refractivity (Wildman–Crippen MR) is 77.5 cm³/mol. The molecule has 2 N–H and O–H groups in total. The number of hydrogen-bond acceptors (Lipinski definition) is 3. The maximum atomic E-state index is 11.9. The first kappa shape index (κ1) is 16.4. The molecule has 0 aliphatic rings. The molecule has 0 aliphatic carbocycles. The van der Waals surface area contributed by atoms with Crippen molar-refractivity contribution in [2.24, 2.45) is 0 Å². The van der Waals surface area contributed by atoms with Crippen LogP contribution in [0.2, 0.25) is 0 Å². The molecule has 0 fully saturated rings. The van der Waals surface area contributed by atoms with E-state index in [0.29, 0.717) is 17.3 Å². The van der Waals surface area contributed by atoms with Crippen molar-refractivity contribution in [3.05, 3.63) is 33.2 Å². The number of hydrogen-bond donors (Lipinski definition) is 2. The van der Waals surface area contributed by atoms with E-state index in [-0.39, 0.29) is 12.1 Å². The molecular weight excluding hydrogens is 328 g/mol. The van der Waals surface area contributed by atoms with Crippen molar-refractivity contribution in [1.82, 2.24) is 9.88 Å². The van der Waals surface area contributed by atoms with Gasteiger partial charge in [-0.25, -0.2) is 4.79 Å². The topological polar surface area (TPSA) is 88.4 Å². The third kappa shape index (κ3) is 4.19. The molecular formula is C13H17BrN2O4. The monoisotopic (exact) mass is 344 g/mol. The van der Waals surface area contributed by atoms with Crippen LogP contribution < -0.4 is 10.9 Å². The van der Waals surface area contributed by atoms with E-state index < -0.39 is 17.4 Å². The lowest BCUT2D eigenvalue weighted by Gasteiger charge is -2.25. The molecule has 0 saturated carbocycles. The van der Waals surface area contributed by atoms with Gasteiger partial charge >= 0.3 is 5.97 Å². The summed E-state index contributed by atoms with van der Waals surface area (Å²) >= 11 is 3.21. The number of carboxylic acids is 1. The number of nitrogens with one attached hydrogen (secondary N) is 1. The van der Waals surface area contributed by atoms with E-state index in [1.165, 1.54) is 23.8 Å². The summed E-state index contributed by atoms with van der Waals surface area (Å²) in [5.41, 5.74) is -1.64. The second-order valence-corrected chi connectivity index (χ2v) is 5.66. The highest BCUT2D eigenvalue weighted by Gasteiger charge is 2.33. The van der Waals surface area contributed by atoms with Crippen LogP contribution in [-0.4, -0.2) is 27.1 Å². The van der Waals surface area contributed by atoms with Crippen molar-refractivity contribution < 1.29 is 14.7 Å². The van der Waals surface area contributed by atoms with Gasteiger partial charge < -0.3 is 15.0 Å². The van der Waals surface area contributed by atoms with Crippen molar-refractivity contribution in [2.45, 2.75) is 38.8 Å². The zero-order valence-corrected chi connectivity index (χ0v) is 12.9. The van der Waals surface area contributed by atoms with Crippen molar-refractivity contribution in [3.63, 3.8) is 0 Å². The van der Waals surface area contributed by atoms with Crippen LogP contribution in [0, 0.1) is 0 Å². The molecule has 6 nitrogen and oxygen atoms in total. The highest BCUT2D eigenvalue weighted by molar-refractivity contribution is 9.10. The van der Waals surface area contributed by atoms with E-state index in [4.69, 9.17) is 0 Å². The smallest absolute Gasteiger partial charge is 0.329 e. The molecule has 0 saturated heterocycles. The SMILES string of the molecule is CCCC(C)(NC(=O)Cn1cc(Br)ccc1=O)C(=O)O. The van der Waals surface area contributed by atoms with Crippen LogP contribution in [0.25, 0.3) is 0 Å². The summed E-state index contributed by atoms with van der Waals surface area (Å²) in [6.45, 7) is 3.08. The molecule has 1 amide bonds. The summed E-state index contributed by atoms with van der Waals surface area (Å²) in [4.78, 5) is 34.7. The van der Waals surface area contributed by atoms with Gasteiger partial charge in [-0.3, -0.25) is 9.59 Å². The van der Waals surface area contributed by atoms with Gasteiger partial charge in [-0.05, 0) is 35.3 Å². The first-order valence-electron chi connectivity index (χ1n) is 6.19. The van der Waals surface area contributed by atoms with E-state index in [2.05, 4.69) is 21.2 Å². The van der Waals surface area contributed by atoms with Crippen LogP contribution in [-0.2, 0) is 16.1 Å². The molecule has 1 atom stereocenters. The minimum Gasteiger partial charge on any atom is -0.480 e. The Morgan fingerprint density at radius 1 is 1.45 bits per heavy atom. The molecule has 0 aromatic carbocycles. The van der Waals surface area contributed by atoms with Gasteiger partial charge in [0.15, 0.2) is 0 Å². The normalized spacial score (nSPS) is 13.6. The fourth-order valence-electron chi connectivity index (χ4n) is 1.85. The number of amides is 1. The lowest BCUT2D eigenvalue weighted by atomic mass is 9.96. The Morgan fingerprint density at radius 3 is 2.65 bits per heavy atom. The first-order chi connectivity index (χ1) is 9.28. The molecule has 1 aromatic rings. The van der Waals surface area contributed by atoms with Crippen molar-refractivity contribution >= 4 is 27.8 Å². The zero-order chi connectivity index (χ0) is 15.3. The lowest BCUT2D eigenvalue weighted by molar-refractivity contribution is -0.147. The molecule has 1 heterocycles. The van der Waals surface area contributed by atoms with E-state index >= 15 is 0 Å².